The van der Waals surface area contributed by atoms with Crippen LogP contribution in [0.25, 0.3) is 0 Å². The van der Waals surface area contributed by atoms with E-state index in [1.807, 2.05) is 0 Å². The highest BCUT2D eigenvalue weighted by atomic mass is 32.1. The van der Waals surface area contributed by atoms with Gasteiger partial charge in [-0.2, -0.15) is 0 Å². The van der Waals surface area contributed by atoms with Gasteiger partial charge in [0.25, 0.3) is 5.69 Å². The summed E-state index contributed by atoms with van der Waals surface area (Å²) >= 11 is 4.80. The molecular formula is C13H12F4N2O2S. The van der Waals surface area contributed by atoms with Crippen molar-refractivity contribution in [3.63, 3.8) is 0 Å². The maximum absolute atomic E-state index is 14.4. The zero-order valence-electron chi connectivity index (χ0n) is 11.6. The summed E-state index contributed by atoms with van der Waals surface area (Å²) in [6.07, 6.45) is -2.64. The molecule has 0 aromatic heterocycles. The van der Waals surface area contributed by atoms with Gasteiger partial charge in [-0.05, 0) is 13.8 Å². The molecule has 4 nitrogen and oxygen atoms in total. The minimum atomic E-state index is -2.13. The molecule has 22 heavy (non-hydrogen) atoms. The molecule has 9 heteroatoms. The number of non-ortho nitro benzene ring substituents is 1. The second-order valence-electron chi connectivity index (χ2n) is 5.57. The molecule has 1 aromatic carbocycles. The SMILES string of the molecule is C[C@@]1(F)C[C@H](F)[C@@](C)(c2cc([N+](=O)[O-])cc(F)c2F)NC1=S. The molecule has 120 valence electrons. The molecule has 1 saturated heterocycles. The van der Waals surface area contributed by atoms with Gasteiger partial charge in [0.05, 0.1) is 16.5 Å². The highest BCUT2D eigenvalue weighted by Crippen LogP contribution is 2.41. The monoisotopic (exact) mass is 336 g/mol. The maximum atomic E-state index is 14.4. The molecule has 0 saturated carbocycles. The van der Waals surface area contributed by atoms with Gasteiger partial charge in [-0.3, -0.25) is 10.1 Å². The Hall–Kier alpha value is -1.77. The van der Waals surface area contributed by atoms with Crippen LogP contribution in [0, 0.1) is 21.7 Å². The second-order valence-corrected chi connectivity index (χ2v) is 5.98. The maximum Gasteiger partial charge on any atom is 0.272 e. The topological polar surface area (TPSA) is 55.2 Å². The molecule has 1 heterocycles. The van der Waals surface area contributed by atoms with Crippen molar-refractivity contribution in [2.45, 2.75) is 37.6 Å². The number of nitro groups is 1. The molecule has 0 spiro atoms. The molecular weight excluding hydrogens is 324 g/mol. The molecule has 1 aliphatic heterocycles. The van der Waals surface area contributed by atoms with Gasteiger partial charge in [-0.25, -0.2) is 17.6 Å². The number of rotatable bonds is 2. The van der Waals surface area contributed by atoms with Crippen LogP contribution in [0.2, 0.25) is 0 Å². The number of thiocarbonyl (C=S) groups is 1. The van der Waals surface area contributed by atoms with Crippen molar-refractivity contribution in [1.29, 1.82) is 0 Å². The minimum Gasteiger partial charge on any atom is -0.365 e. The number of piperidine rings is 1. The Morgan fingerprint density at radius 1 is 1.41 bits per heavy atom. The van der Waals surface area contributed by atoms with Crippen LogP contribution in [0.5, 0.6) is 0 Å². The summed E-state index contributed by atoms with van der Waals surface area (Å²) in [6.45, 7) is 2.22. The fourth-order valence-corrected chi connectivity index (χ4v) is 2.67. The van der Waals surface area contributed by atoms with E-state index in [1.165, 1.54) is 0 Å². The number of alkyl halides is 2. The fraction of sp³-hybridized carbons (Fsp3) is 0.462. The lowest BCUT2D eigenvalue weighted by atomic mass is 9.78. The van der Waals surface area contributed by atoms with Crippen LogP contribution in [-0.4, -0.2) is 21.8 Å². The third kappa shape index (κ3) is 2.53. The molecule has 2 rings (SSSR count). The Balaban J connectivity index is 2.59. The Kier molecular flexibility index (Phi) is 3.88. The van der Waals surface area contributed by atoms with Gasteiger partial charge < -0.3 is 5.32 Å². The second kappa shape index (κ2) is 5.15. The van der Waals surface area contributed by atoms with E-state index in [9.17, 15) is 27.7 Å². The van der Waals surface area contributed by atoms with Gasteiger partial charge in [0.1, 0.15) is 11.2 Å². The van der Waals surface area contributed by atoms with E-state index in [1.54, 1.807) is 0 Å². The van der Waals surface area contributed by atoms with Crippen molar-refractivity contribution in [2.24, 2.45) is 0 Å². The van der Waals surface area contributed by atoms with Crippen LogP contribution >= 0.6 is 12.2 Å². The summed E-state index contributed by atoms with van der Waals surface area (Å²) in [6, 6.07) is 1.12. The summed E-state index contributed by atoms with van der Waals surface area (Å²) in [5, 5.41) is 13.1. The van der Waals surface area contributed by atoms with E-state index < -0.39 is 51.6 Å². The summed E-state index contributed by atoms with van der Waals surface area (Å²) in [5.74, 6) is -2.92. The summed E-state index contributed by atoms with van der Waals surface area (Å²) in [5.41, 5.74) is -5.38. The normalized spacial score (nSPS) is 31.7. The number of halogens is 4. The average molecular weight is 336 g/mol. The van der Waals surface area contributed by atoms with E-state index in [0.29, 0.717) is 6.07 Å². The Morgan fingerprint density at radius 2 is 2.00 bits per heavy atom. The minimum absolute atomic E-state index is 0.366. The van der Waals surface area contributed by atoms with Gasteiger partial charge in [0.15, 0.2) is 17.3 Å². The predicted octanol–water partition coefficient (Wildman–Crippen LogP) is 3.48. The first kappa shape index (κ1) is 16.6. The first-order valence-electron chi connectivity index (χ1n) is 6.28. The number of nitro benzene ring substituents is 1. The van der Waals surface area contributed by atoms with Gasteiger partial charge in [-0.15, -0.1) is 0 Å². The first-order chi connectivity index (χ1) is 9.99. The average Bonchev–Trinajstić information content (AvgIpc) is 2.39. The van der Waals surface area contributed by atoms with Crippen molar-refractivity contribution in [3.8, 4) is 0 Å². The highest BCUT2D eigenvalue weighted by molar-refractivity contribution is 7.80. The molecule has 0 radical (unpaired) electrons. The lowest BCUT2D eigenvalue weighted by Crippen LogP contribution is -2.61. The Morgan fingerprint density at radius 3 is 2.55 bits per heavy atom. The van der Waals surface area contributed by atoms with Crippen LogP contribution < -0.4 is 5.32 Å². The molecule has 0 amide bonds. The highest BCUT2D eigenvalue weighted by Gasteiger charge is 2.51. The largest absolute Gasteiger partial charge is 0.365 e. The zero-order valence-corrected chi connectivity index (χ0v) is 12.4. The summed E-state index contributed by atoms with van der Waals surface area (Å²) in [7, 11) is 0. The number of nitrogens with zero attached hydrogens (tertiary/aromatic N) is 1. The van der Waals surface area contributed by atoms with Gasteiger partial charge >= 0.3 is 0 Å². The van der Waals surface area contributed by atoms with Gasteiger partial charge in [-0.1, -0.05) is 12.2 Å². The standard InChI is InChI=1S/C13H12F4N2O2S/c1-12(17)5-9(15)13(2,18-11(12)22)7-3-6(19(20)21)4-8(14)10(7)16/h3-4,9H,5H2,1-2H3,(H,18,22)/t9-,12+,13+/m0/s1. The van der Waals surface area contributed by atoms with Crippen LogP contribution in [0.15, 0.2) is 12.1 Å². The number of benzene rings is 1. The van der Waals surface area contributed by atoms with Crippen molar-refractivity contribution in [2.75, 3.05) is 0 Å². The molecule has 1 fully saturated rings. The first-order valence-corrected chi connectivity index (χ1v) is 6.69. The quantitative estimate of drug-likeness (QED) is 0.389. The molecule has 1 aromatic rings. The van der Waals surface area contributed by atoms with Crippen LogP contribution in [-0.2, 0) is 5.54 Å². The number of nitrogens with one attached hydrogen (secondary N) is 1. The Labute approximate surface area is 128 Å². The summed E-state index contributed by atoms with van der Waals surface area (Å²) < 4.78 is 56.0. The van der Waals surface area contributed by atoms with E-state index >= 15 is 0 Å². The van der Waals surface area contributed by atoms with E-state index in [4.69, 9.17) is 12.2 Å². The van der Waals surface area contributed by atoms with Crippen molar-refractivity contribution in [1.82, 2.24) is 5.32 Å². The number of hydrogen-bond acceptors (Lipinski definition) is 3. The molecule has 0 bridgehead atoms. The smallest absolute Gasteiger partial charge is 0.272 e. The summed E-state index contributed by atoms with van der Waals surface area (Å²) in [4.78, 5) is 9.48. The lowest BCUT2D eigenvalue weighted by molar-refractivity contribution is -0.385. The van der Waals surface area contributed by atoms with Crippen molar-refractivity contribution < 1.29 is 22.5 Å². The fourth-order valence-electron chi connectivity index (χ4n) is 2.37. The van der Waals surface area contributed by atoms with Crippen LogP contribution in [0.4, 0.5) is 23.2 Å². The van der Waals surface area contributed by atoms with Crippen molar-refractivity contribution in [3.05, 3.63) is 39.4 Å². The van der Waals surface area contributed by atoms with E-state index in [0.717, 1.165) is 19.9 Å². The predicted molar refractivity (Wildman–Crippen MR) is 75.1 cm³/mol. The third-order valence-electron chi connectivity index (χ3n) is 3.82. The molecule has 1 aliphatic rings. The van der Waals surface area contributed by atoms with Gasteiger partial charge in [0.2, 0.25) is 0 Å². The van der Waals surface area contributed by atoms with Crippen LogP contribution in [0.3, 0.4) is 0 Å². The molecule has 3 atom stereocenters. The van der Waals surface area contributed by atoms with Crippen LogP contribution in [0.1, 0.15) is 25.8 Å². The number of hydrogen-bond donors (Lipinski definition) is 1. The Bertz CT molecular complexity index is 668. The lowest BCUT2D eigenvalue weighted by Gasteiger charge is -2.44. The van der Waals surface area contributed by atoms with E-state index in [2.05, 4.69) is 5.32 Å². The van der Waals surface area contributed by atoms with Gasteiger partial charge in [0, 0.05) is 18.1 Å². The zero-order chi connectivity index (χ0) is 16.9. The van der Waals surface area contributed by atoms with E-state index in [-0.39, 0.29) is 4.99 Å². The third-order valence-corrected chi connectivity index (χ3v) is 4.35. The molecule has 0 aliphatic carbocycles. The molecule has 1 N–H and O–H groups in total. The molecule has 0 unspecified atom stereocenters. The van der Waals surface area contributed by atoms with Crippen molar-refractivity contribution >= 4 is 22.9 Å².